The third-order valence-corrected chi connectivity index (χ3v) is 21.7. The smallest absolute Gasteiger partial charge is 0 e. The van der Waals surface area contributed by atoms with Gasteiger partial charge in [-0.25, -0.2) is 29.8 Å². The van der Waals surface area contributed by atoms with Crippen LogP contribution in [0.5, 0.6) is 0 Å². The summed E-state index contributed by atoms with van der Waals surface area (Å²) in [5.74, 6) is 1.21. The molecule has 0 bridgehead atoms. The Morgan fingerprint density at radius 1 is 0.493 bits per heavy atom. The number of hydrogen-bond donors (Lipinski definition) is 6. The number of anilines is 6. The van der Waals surface area contributed by atoms with Crippen molar-refractivity contribution in [2.75, 3.05) is 34.5 Å². The second-order valence-electron chi connectivity index (χ2n) is 33.7. The normalized spacial score (nSPS) is 10.7. The van der Waals surface area contributed by atoms with Gasteiger partial charge in [-0.15, -0.1) is 0 Å². The number of nitro benzene ring substituents is 2. The van der Waals surface area contributed by atoms with Crippen LogP contribution in [0, 0.1) is 53.4 Å². The summed E-state index contributed by atoms with van der Waals surface area (Å²) in [6, 6.07) is 58.7. The molecule has 10 N–H and O–H groups in total. The maximum atomic E-state index is 13.3. The number of benzene rings is 8. The zero-order valence-electron chi connectivity index (χ0n) is 79.1. The summed E-state index contributed by atoms with van der Waals surface area (Å²) in [7, 11) is -5.60. The van der Waals surface area contributed by atoms with E-state index in [-0.39, 0.29) is 126 Å². The van der Waals surface area contributed by atoms with Gasteiger partial charge in [-0.2, -0.15) is 15.0 Å². The van der Waals surface area contributed by atoms with Crippen LogP contribution in [0.4, 0.5) is 45.6 Å². The molecule has 0 saturated heterocycles. The van der Waals surface area contributed by atoms with Gasteiger partial charge in [0.1, 0.15) is 33.4 Å². The molecule has 12 aromatic rings. The number of amides is 1. The first-order chi connectivity index (χ1) is 63.1. The van der Waals surface area contributed by atoms with E-state index in [0.717, 1.165) is 64.0 Å². The maximum Gasteiger partial charge on any atom is 0 e. The Kier molecular flexibility index (Phi) is 49.6. The molecule has 0 aliphatic rings. The van der Waals surface area contributed by atoms with Crippen LogP contribution in [-0.2, 0) is 120 Å². The molecular formula is C98H119BCl3N14O19PdS2-. The molecule has 0 aliphatic carbocycles. The van der Waals surface area contributed by atoms with Gasteiger partial charge in [0.05, 0.1) is 30.4 Å². The van der Waals surface area contributed by atoms with E-state index in [9.17, 15) is 61.0 Å². The van der Waals surface area contributed by atoms with Gasteiger partial charge in [-0.05, 0) is 271 Å². The predicted molar refractivity (Wildman–Crippen MR) is 539 cm³/mol. The monoisotopic (exact) mass is 2080 g/mol. The van der Waals surface area contributed by atoms with Crippen molar-refractivity contribution in [3.8, 4) is 11.9 Å². The molecule has 0 spiro atoms. The van der Waals surface area contributed by atoms with Crippen LogP contribution in [-0.4, -0.2) is 126 Å². The minimum atomic E-state index is -3.88. The molecule has 742 valence electrons. The number of nitrogens with two attached hydrogens (primary N) is 4. The molecule has 12 rings (SSSR count). The number of hydrogen-bond acceptors (Lipinski definition) is 28. The van der Waals surface area contributed by atoms with E-state index in [1.54, 1.807) is 136 Å². The molecule has 0 fully saturated rings. The van der Waals surface area contributed by atoms with Crippen LogP contribution in [0.25, 0.3) is 22.1 Å². The fraction of sp³-hybridized carbons (Fsp3) is 0.306. The van der Waals surface area contributed by atoms with Gasteiger partial charge in [-0.1, -0.05) is 115 Å². The van der Waals surface area contributed by atoms with Crippen LogP contribution in [0.1, 0.15) is 162 Å². The van der Waals surface area contributed by atoms with Crippen LogP contribution >= 0.6 is 34.8 Å². The summed E-state index contributed by atoms with van der Waals surface area (Å²) >= 11 is 17.9. The van der Waals surface area contributed by atoms with Crippen molar-refractivity contribution < 1.29 is 99.8 Å². The Bertz CT molecular complexity index is 6310. The summed E-state index contributed by atoms with van der Waals surface area (Å²) < 4.78 is 84.0. The molecule has 4 aromatic heterocycles. The molecule has 138 heavy (non-hydrogen) atoms. The molecule has 0 aliphatic heterocycles. The van der Waals surface area contributed by atoms with Crippen LogP contribution in [0.2, 0.25) is 15.7 Å². The third kappa shape index (κ3) is 43.5. The first kappa shape index (κ1) is 121. The first-order valence-corrected chi connectivity index (χ1v) is 45.8. The van der Waals surface area contributed by atoms with E-state index < -0.39 is 52.3 Å². The minimum Gasteiger partial charge on any atom is -0.358 e. The van der Waals surface area contributed by atoms with Crippen molar-refractivity contribution in [2.24, 2.45) is 5.73 Å². The van der Waals surface area contributed by atoms with Crippen LogP contribution in [0.15, 0.2) is 228 Å². The number of nitrogens with one attached hydrogen (secondary N) is 1. The predicted octanol–water partition coefficient (Wildman–Crippen LogP) is 19.6. The Hall–Kier alpha value is -13.0. The fourth-order valence-corrected chi connectivity index (χ4v) is 14.7. The number of aryl methyl sites for hydroxylation is 6. The van der Waals surface area contributed by atoms with Crippen molar-refractivity contribution in [3.05, 3.63) is 301 Å². The summed E-state index contributed by atoms with van der Waals surface area (Å²) in [6.07, 6.45) is 7.76. The van der Waals surface area contributed by atoms with Crippen molar-refractivity contribution >= 4 is 159 Å². The van der Waals surface area contributed by atoms with E-state index in [1.165, 1.54) is 49.7 Å². The Balaban J connectivity index is 0.000000557. The molecule has 0 atom stereocenters. The van der Waals surface area contributed by atoms with Crippen molar-refractivity contribution in [2.45, 2.75) is 201 Å². The van der Waals surface area contributed by atoms with Gasteiger partial charge in [0.15, 0.2) is 11.3 Å². The summed E-state index contributed by atoms with van der Waals surface area (Å²) in [5.41, 5.74) is 30.9. The standard InChI is InChI=1S/C26H27ClN4O4S.C13H9Cl2N3O2S.C13H17NO4.2C13H19NO2.C9H12N2O.C7H8N2O2.C2HBO2.CH4.CH3.Pd/c1-17-8-11-20(12-9-17)36(33,34)31-15-14-21-23(29-25(27)30-24(21)31)28-19-7-5-6-18(16-19)10-13-22(32)35-26(2,3)4;1-8-2-4-9(5-3-8)21(19,20)18-7-6-10-11(14)16-13(15)17-12(10)18;1-13(2,3)18-12(15)8-7-10-5-4-6-11(9-10)14(16)17;2*1-13(2,3)16-12(15)8-7-10-5-4-6-11(14)9-10;1-7(12)11(2)9-5-3-8(10)4-6-9;8-5-6-2-1-3-7(4-6)9(10)11;4-2-1-3-5;;;/h5-9,11-12,14-16H,10,13H2,1-4H3,(H,28,29,30);2-7H,1H3;4-6,9H,7-8H2,1-3H3;2*4-6,9H,7-8,14H2,1-3H3;3-6H,10H2,1-2H3;1-4H,5,8H2;4H;1H4;1H3;/q;;;;;;;;;-1;. The molecule has 0 unspecified atom stereocenters. The van der Waals surface area contributed by atoms with Crippen LogP contribution < -0.4 is 33.2 Å². The molecule has 0 radical (unpaired) electrons. The summed E-state index contributed by atoms with van der Waals surface area (Å²) in [4.78, 5) is 95.5. The number of rotatable bonds is 22. The zero-order chi connectivity index (χ0) is 101. The Labute approximate surface area is 835 Å². The third-order valence-electron chi connectivity index (χ3n) is 17.7. The number of nitro groups is 2. The number of ether oxygens (including phenoxy) is 4. The van der Waals surface area contributed by atoms with E-state index in [2.05, 4.69) is 25.3 Å². The van der Waals surface area contributed by atoms with Gasteiger partial charge in [-0.3, -0.25) is 44.2 Å². The van der Waals surface area contributed by atoms with Crippen molar-refractivity contribution in [1.82, 2.24) is 27.9 Å². The van der Waals surface area contributed by atoms with Gasteiger partial charge >= 0.3 is 52.8 Å². The second-order valence-corrected chi connectivity index (χ2v) is 38.4. The quantitative estimate of drug-likeness (QED) is 0.00351. The fourth-order valence-electron chi connectivity index (χ4n) is 11.5. The van der Waals surface area contributed by atoms with E-state index in [0.29, 0.717) is 80.2 Å². The number of nitrogen functional groups attached to an aromatic ring is 3. The number of non-ortho nitro benzene ring substituents is 2. The number of carbonyl (C=O) groups excluding carboxylic acids is 5. The molecule has 4 heterocycles. The van der Waals surface area contributed by atoms with Crippen molar-refractivity contribution in [3.63, 3.8) is 0 Å². The van der Waals surface area contributed by atoms with E-state index >= 15 is 0 Å². The zero-order valence-corrected chi connectivity index (χ0v) is 84.6. The first-order valence-electron chi connectivity index (χ1n) is 41.8. The summed E-state index contributed by atoms with van der Waals surface area (Å²) in [5, 5.41) is 32.3. The molecule has 33 nitrogen and oxygen atoms in total. The number of aromatic nitrogens is 6. The van der Waals surface area contributed by atoms with E-state index in [1.807, 2.05) is 161 Å². The largest absolute Gasteiger partial charge is 0.358 e. The molecule has 40 heteroatoms. The molecule has 8 aromatic carbocycles. The minimum absolute atomic E-state index is 0. The van der Waals surface area contributed by atoms with Crippen molar-refractivity contribution in [1.29, 1.82) is 0 Å². The number of carbonyl (C=O) groups is 5. The molecule has 0 saturated carbocycles. The number of halogens is 3. The van der Waals surface area contributed by atoms with E-state index in [4.69, 9.17) is 86.5 Å². The Morgan fingerprint density at radius 2 is 0.833 bits per heavy atom. The van der Waals surface area contributed by atoms with Gasteiger partial charge in [0.25, 0.3) is 31.4 Å². The number of fused-ring (bicyclic) bond motifs is 2. The number of aliphatic hydroxyl groups excluding tert-OH is 1. The number of aliphatic hydroxyl groups is 1. The average Bonchev–Trinajstić information content (AvgIpc) is 1.62. The topological polar surface area (TPSA) is 495 Å². The Morgan fingerprint density at radius 3 is 1.18 bits per heavy atom. The van der Waals surface area contributed by atoms with Crippen LogP contribution in [0.3, 0.4) is 0 Å². The SMILES string of the molecule is C.CC(=O)N(C)c1ccc(N)cc1.CC(C)(C)OC(=O)CCc1cccc(N)c1.CC(C)(C)OC(=O)CCc1cccc(N)c1.CC(C)(C)OC(=O)CCc1cccc([N+](=O)[O-])c1.Cc1ccc(S(=O)(=O)n2ccc3c(Cl)nc(Cl)nc32)cc1.Cc1ccc(S(=O)(=O)n2ccc3c(Nc4cccc(CCC(=O)OC(C)(C)C)c4)nc(Cl)nc32)cc1.NCc1cccc([N+](=O)[O-])c1.O=BC#CO.[CH3-].[Pd]. The summed E-state index contributed by atoms with van der Waals surface area (Å²) in [6.45, 7) is 27.7. The molecule has 1 amide bonds. The second kappa shape index (κ2) is 56.6. The number of esters is 4. The van der Waals surface area contributed by atoms with Gasteiger partial charge < -0.3 is 59.5 Å². The van der Waals surface area contributed by atoms with Gasteiger partial charge in [0.2, 0.25) is 16.5 Å². The maximum absolute atomic E-state index is 13.3. The average molecular weight is 2080 g/mol. The molecular weight excluding hydrogens is 1960 g/mol. The number of nitrogens with zero attached hydrogens (tertiary/aromatic N) is 9. The van der Waals surface area contributed by atoms with Gasteiger partial charge in [0, 0.05) is 132 Å².